The Balaban J connectivity index is 0.923. The van der Waals surface area contributed by atoms with Gasteiger partial charge in [0, 0.05) is 27.6 Å². The zero-order chi connectivity index (χ0) is 41.2. The minimum atomic E-state index is 0.690. The zero-order valence-electron chi connectivity index (χ0n) is 33.9. The van der Waals surface area contributed by atoms with Crippen LogP contribution < -0.4 is 0 Å². The van der Waals surface area contributed by atoms with Crippen LogP contribution in [0.25, 0.3) is 111 Å². The first-order valence-corrected chi connectivity index (χ1v) is 21.0. The summed E-state index contributed by atoms with van der Waals surface area (Å²) in [6.07, 6.45) is 0. The second-order valence-corrected chi connectivity index (χ2v) is 15.6. The van der Waals surface area contributed by atoms with Gasteiger partial charge in [-0.2, -0.15) is 0 Å². The third-order valence-corrected chi connectivity index (χ3v) is 11.7. The lowest BCUT2D eigenvalue weighted by molar-refractivity contribution is 1.18. The molecule has 62 heavy (non-hydrogen) atoms. The van der Waals surface area contributed by atoms with E-state index in [9.17, 15) is 0 Å². The van der Waals surface area contributed by atoms with Crippen molar-refractivity contribution >= 4 is 21.7 Å². The number of rotatable bonds is 8. The molecule has 0 radical (unpaired) electrons. The summed E-state index contributed by atoms with van der Waals surface area (Å²) in [5.41, 5.74) is 17.1. The van der Waals surface area contributed by atoms with Crippen molar-refractivity contribution in [2.45, 2.75) is 0 Å². The predicted octanol–water partition coefficient (Wildman–Crippen LogP) is 15.5. The number of pyridine rings is 1. The minimum absolute atomic E-state index is 0.690. The van der Waals surface area contributed by atoms with Crippen molar-refractivity contribution in [2.24, 2.45) is 0 Å². The van der Waals surface area contributed by atoms with Gasteiger partial charge < -0.3 is 0 Å². The molecule has 0 saturated carbocycles. The third-order valence-electron chi connectivity index (χ3n) is 11.7. The fraction of sp³-hybridized carbons (Fsp3) is 0. The fourth-order valence-electron chi connectivity index (χ4n) is 8.45. The average Bonchev–Trinajstić information content (AvgIpc) is 3.37. The normalized spacial score (nSPS) is 11.2. The van der Waals surface area contributed by atoms with Crippen LogP contribution in [0.1, 0.15) is 0 Å². The van der Waals surface area contributed by atoms with Crippen LogP contribution in [0.3, 0.4) is 0 Å². The van der Waals surface area contributed by atoms with E-state index in [-0.39, 0.29) is 0 Å². The Morgan fingerprint density at radius 3 is 1.10 bits per heavy atom. The summed E-state index contributed by atoms with van der Waals surface area (Å²) >= 11 is 0. The minimum Gasteiger partial charge on any atom is -0.248 e. The molecule has 2 aromatic heterocycles. The van der Waals surface area contributed by atoms with Crippen LogP contribution in [-0.4, -0.2) is 15.0 Å². The van der Waals surface area contributed by atoms with Gasteiger partial charge in [0.25, 0.3) is 0 Å². The lowest BCUT2D eigenvalue weighted by Gasteiger charge is -2.13. The first-order valence-electron chi connectivity index (χ1n) is 21.0. The Hall–Kier alpha value is -8.27. The first kappa shape index (κ1) is 36.8. The quantitative estimate of drug-likeness (QED) is 0.144. The number of aromatic nitrogens is 3. The zero-order valence-corrected chi connectivity index (χ0v) is 33.9. The molecule has 0 atom stereocenters. The van der Waals surface area contributed by atoms with Crippen molar-refractivity contribution in [3.8, 4) is 89.7 Å². The highest BCUT2D eigenvalue weighted by molar-refractivity contribution is 6.13. The number of benzene rings is 9. The van der Waals surface area contributed by atoms with Gasteiger partial charge in [0.15, 0.2) is 5.82 Å². The summed E-state index contributed by atoms with van der Waals surface area (Å²) in [5, 5.41) is 3.61. The van der Waals surface area contributed by atoms with Crippen LogP contribution in [0.15, 0.2) is 237 Å². The molecule has 0 aliphatic carbocycles. The van der Waals surface area contributed by atoms with Crippen LogP contribution in [0.4, 0.5) is 0 Å². The van der Waals surface area contributed by atoms with E-state index in [0.29, 0.717) is 5.82 Å². The molecule has 0 aliphatic heterocycles. The molecule has 0 saturated heterocycles. The number of fused-ring (bicyclic) bond motifs is 3. The molecular weight excluding hydrogens is 751 g/mol. The summed E-state index contributed by atoms with van der Waals surface area (Å²) in [6, 6.07) is 83.4. The van der Waals surface area contributed by atoms with Crippen molar-refractivity contribution in [2.75, 3.05) is 0 Å². The predicted molar refractivity (Wildman–Crippen MR) is 258 cm³/mol. The van der Waals surface area contributed by atoms with Gasteiger partial charge in [-0.25, -0.2) is 15.0 Å². The molecule has 0 bridgehead atoms. The number of hydrogen-bond donors (Lipinski definition) is 0. The van der Waals surface area contributed by atoms with Gasteiger partial charge in [-0.3, -0.25) is 0 Å². The molecule has 11 aromatic rings. The van der Waals surface area contributed by atoms with E-state index in [1.165, 1.54) is 44.0 Å². The van der Waals surface area contributed by atoms with Crippen LogP contribution >= 0.6 is 0 Å². The van der Waals surface area contributed by atoms with Gasteiger partial charge in [0.2, 0.25) is 0 Å². The smallest absolute Gasteiger partial charge is 0.160 e. The molecular formula is C59H39N3. The van der Waals surface area contributed by atoms with Crippen molar-refractivity contribution in [1.82, 2.24) is 15.0 Å². The van der Waals surface area contributed by atoms with Gasteiger partial charge >= 0.3 is 0 Å². The van der Waals surface area contributed by atoms with Gasteiger partial charge in [-0.05, 0) is 73.5 Å². The van der Waals surface area contributed by atoms with Crippen LogP contribution in [0.5, 0.6) is 0 Å². The standard InChI is InChI=1S/C59H39N3/c1-4-12-40(13-5-1)42-20-30-49(31-21-42)56-39-57(62-59(61-56)51-34-26-43(27-35-51)41-14-6-2-7-15-41)50-32-24-45(25-33-50)44-22-28-48(29-23-44)55-38-53(46-16-8-3-9-17-46)58-52-19-11-10-18-47(52)36-37-54(58)60-55/h1-39H. The molecule has 3 nitrogen and oxygen atoms in total. The second kappa shape index (κ2) is 16.1. The average molecular weight is 790 g/mol. The second-order valence-electron chi connectivity index (χ2n) is 15.6. The largest absolute Gasteiger partial charge is 0.248 e. The van der Waals surface area contributed by atoms with Crippen molar-refractivity contribution in [3.63, 3.8) is 0 Å². The van der Waals surface area contributed by atoms with Crippen LogP contribution in [0.2, 0.25) is 0 Å². The molecule has 290 valence electrons. The first-order chi connectivity index (χ1) is 30.7. The SMILES string of the molecule is c1ccc(-c2ccc(-c3cc(-c4ccc(-c5ccc(-c6cc(-c7ccccc7)c7c(ccc8ccccc87)n6)cc5)cc4)nc(-c4ccc(-c5ccccc5)cc4)n3)cc2)cc1. The third kappa shape index (κ3) is 7.23. The highest BCUT2D eigenvalue weighted by Gasteiger charge is 2.15. The maximum Gasteiger partial charge on any atom is 0.160 e. The molecule has 0 aliphatic rings. The monoisotopic (exact) mass is 789 g/mol. The Labute approximate surface area is 361 Å². The maximum atomic E-state index is 5.21. The summed E-state index contributed by atoms with van der Waals surface area (Å²) < 4.78 is 0. The Morgan fingerprint density at radius 1 is 0.242 bits per heavy atom. The van der Waals surface area contributed by atoms with E-state index >= 15 is 0 Å². The highest BCUT2D eigenvalue weighted by atomic mass is 14.9. The molecule has 0 N–H and O–H groups in total. The molecule has 0 spiro atoms. The van der Waals surface area contributed by atoms with E-state index in [2.05, 4.69) is 224 Å². The Bertz CT molecular complexity index is 3230. The number of hydrogen-bond acceptors (Lipinski definition) is 3. The lowest BCUT2D eigenvalue weighted by Crippen LogP contribution is -1.96. The molecule has 11 rings (SSSR count). The van der Waals surface area contributed by atoms with Gasteiger partial charge in [0.1, 0.15) is 0 Å². The van der Waals surface area contributed by atoms with E-state index < -0.39 is 0 Å². The lowest BCUT2D eigenvalue weighted by atomic mass is 9.94. The Kier molecular flexibility index (Phi) is 9.53. The van der Waals surface area contributed by atoms with E-state index in [1.807, 2.05) is 12.1 Å². The van der Waals surface area contributed by atoms with Gasteiger partial charge in [-0.15, -0.1) is 0 Å². The van der Waals surface area contributed by atoms with Crippen molar-refractivity contribution in [1.29, 1.82) is 0 Å². The van der Waals surface area contributed by atoms with Crippen LogP contribution in [0, 0.1) is 0 Å². The summed E-state index contributed by atoms with van der Waals surface area (Å²) in [6.45, 7) is 0. The Morgan fingerprint density at radius 2 is 0.613 bits per heavy atom. The summed E-state index contributed by atoms with van der Waals surface area (Å²) in [5.74, 6) is 0.690. The van der Waals surface area contributed by atoms with Crippen molar-refractivity contribution < 1.29 is 0 Å². The summed E-state index contributed by atoms with van der Waals surface area (Å²) in [4.78, 5) is 15.5. The number of nitrogens with zero attached hydrogens (tertiary/aromatic N) is 3. The summed E-state index contributed by atoms with van der Waals surface area (Å²) in [7, 11) is 0. The molecule has 0 fully saturated rings. The van der Waals surface area contributed by atoms with Gasteiger partial charge in [-0.1, -0.05) is 218 Å². The van der Waals surface area contributed by atoms with E-state index in [0.717, 1.165) is 61.5 Å². The molecule has 2 heterocycles. The highest BCUT2D eigenvalue weighted by Crippen LogP contribution is 2.38. The van der Waals surface area contributed by atoms with Gasteiger partial charge in [0.05, 0.1) is 22.6 Å². The maximum absolute atomic E-state index is 5.21. The topological polar surface area (TPSA) is 38.7 Å². The molecule has 3 heteroatoms. The molecule has 9 aromatic carbocycles. The molecule has 0 amide bonds. The van der Waals surface area contributed by atoms with Crippen LogP contribution in [-0.2, 0) is 0 Å². The van der Waals surface area contributed by atoms with E-state index in [4.69, 9.17) is 15.0 Å². The van der Waals surface area contributed by atoms with Crippen molar-refractivity contribution in [3.05, 3.63) is 237 Å². The fourth-order valence-corrected chi connectivity index (χ4v) is 8.45. The van der Waals surface area contributed by atoms with E-state index in [1.54, 1.807) is 0 Å². The molecule has 0 unspecified atom stereocenters.